The van der Waals surface area contributed by atoms with Crippen molar-refractivity contribution in [1.29, 1.82) is 0 Å². The van der Waals surface area contributed by atoms with Crippen molar-refractivity contribution in [3.8, 4) is 5.75 Å². The molecule has 0 aliphatic rings. The summed E-state index contributed by atoms with van der Waals surface area (Å²) >= 11 is 0. The molecular formula is C14H23N3O2. The van der Waals surface area contributed by atoms with E-state index in [4.69, 9.17) is 5.73 Å². The number of hydrogen-bond acceptors (Lipinski definition) is 4. The van der Waals surface area contributed by atoms with E-state index in [-0.39, 0.29) is 17.5 Å². The summed E-state index contributed by atoms with van der Waals surface area (Å²) in [6.07, 6.45) is 3.67. The number of nitrogens with one attached hydrogen (secondary N) is 1. The molecule has 1 aromatic rings. The number of aromatic hydroxyl groups is 1. The minimum atomic E-state index is -0.128. The number of anilines is 1. The van der Waals surface area contributed by atoms with E-state index < -0.39 is 0 Å². The number of amides is 1. The fraction of sp³-hybridized carbons (Fsp3) is 0.571. The quantitative estimate of drug-likeness (QED) is 0.704. The number of pyridine rings is 1. The molecule has 19 heavy (non-hydrogen) atoms. The summed E-state index contributed by atoms with van der Waals surface area (Å²) in [4.78, 5) is 15.7. The average molecular weight is 265 g/mol. The van der Waals surface area contributed by atoms with Crippen LogP contribution >= 0.6 is 0 Å². The van der Waals surface area contributed by atoms with Gasteiger partial charge in [0.1, 0.15) is 0 Å². The first kappa shape index (κ1) is 15.4. The number of nitrogens with two attached hydrogens (primary N) is 1. The van der Waals surface area contributed by atoms with Crippen LogP contribution in [0.3, 0.4) is 0 Å². The first-order chi connectivity index (χ1) is 9.04. The van der Waals surface area contributed by atoms with Crippen LogP contribution in [0.2, 0.25) is 0 Å². The molecule has 5 heteroatoms. The second-order valence-corrected chi connectivity index (χ2v) is 5.04. The average Bonchev–Trinajstić information content (AvgIpc) is 2.37. The van der Waals surface area contributed by atoms with Crippen LogP contribution in [0.5, 0.6) is 5.75 Å². The molecule has 0 radical (unpaired) electrons. The number of rotatable bonds is 7. The van der Waals surface area contributed by atoms with Gasteiger partial charge in [0, 0.05) is 12.6 Å². The highest BCUT2D eigenvalue weighted by atomic mass is 16.3. The Kier molecular flexibility index (Phi) is 6.29. The molecule has 4 N–H and O–H groups in total. The second-order valence-electron chi connectivity index (χ2n) is 5.04. The summed E-state index contributed by atoms with van der Waals surface area (Å²) in [5.41, 5.74) is 5.57. The third-order valence-electron chi connectivity index (χ3n) is 3.27. The highest BCUT2D eigenvalue weighted by Gasteiger charge is 2.15. The second kappa shape index (κ2) is 7.74. The number of hydrogen-bond donors (Lipinski definition) is 3. The van der Waals surface area contributed by atoms with Gasteiger partial charge in [-0.2, -0.15) is 0 Å². The Labute approximate surface area is 114 Å². The summed E-state index contributed by atoms with van der Waals surface area (Å²) in [5, 5.41) is 12.1. The molecule has 0 bridgehead atoms. The number of nitrogens with zero attached hydrogens (tertiary/aromatic N) is 1. The van der Waals surface area contributed by atoms with Gasteiger partial charge in [-0.05, 0) is 43.4 Å². The first-order valence-electron chi connectivity index (χ1n) is 6.68. The van der Waals surface area contributed by atoms with E-state index in [1.807, 2.05) is 0 Å². The number of carbonyl (C=O) groups is 1. The van der Waals surface area contributed by atoms with Gasteiger partial charge in [-0.1, -0.05) is 13.8 Å². The van der Waals surface area contributed by atoms with Crippen molar-refractivity contribution in [2.24, 2.45) is 17.6 Å². The first-order valence-corrected chi connectivity index (χ1v) is 6.68. The summed E-state index contributed by atoms with van der Waals surface area (Å²) in [7, 11) is 0. The van der Waals surface area contributed by atoms with Crippen molar-refractivity contribution in [1.82, 2.24) is 4.98 Å². The van der Waals surface area contributed by atoms with Gasteiger partial charge < -0.3 is 16.2 Å². The lowest BCUT2D eigenvalue weighted by molar-refractivity contribution is -0.116. The summed E-state index contributed by atoms with van der Waals surface area (Å²) in [6.45, 7) is 4.93. The van der Waals surface area contributed by atoms with Crippen LogP contribution in [-0.2, 0) is 4.79 Å². The van der Waals surface area contributed by atoms with Crippen LogP contribution in [0.1, 0.15) is 33.1 Å². The number of aromatic nitrogens is 1. The Morgan fingerprint density at radius 1 is 1.47 bits per heavy atom. The fourth-order valence-electron chi connectivity index (χ4n) is 2.03. The van der Waals surface area contributed by atoms with Gasteiger partial charge >= 0.3 is 0 Å². The van der Waals surface area contributed by atoms with Crippen LogP contribution < -0.4 is 11.1 Å². The maximum Gasteiger partial charge on any atom is 0.225 e. The van der Waals surface area contributed by atoms with E-state index in [0.29, 0.717) is 24.8 Å². The van der Waals surface area contributed by atoms with Crippen LogP contribution in [0.15, 0.2) is 18.3 Å². The van der Waals surface area contributed by atoms with Gasteiger partial charge in [-0.3, -0.25) is 4.79 Å². The molecule has 1 aromatic heterocycles. The van der Waals surface area contributed by atoms with Gasteiger partial charge in [0.25, 0.3) is 0 Å². The highest BCUT2D eigenvalue weighted by Crippen LogP contribution is 2.22. The van der Waals surface area contributed by atoms with Crippen LogP contribution in [0, 0.1) is 11.8 Å². The molecule has 1 rings (SSSR count). The van der Waals surface area contributed by atoms with Crippen molar-refractivity contribution in [2.75, 3.05) is 11.9 Å². The molecule has 0 fully saturated rings. The Balaban J connectivity index is 2.45. The van der Waals surface area contributed by atoms with Gasteiger partial charge in [0.15, 0.2) is 11.6 Å². The standard InChI is InChI=1S/C14H23N3O2/c1-10(2)11(7-8-15)5-6-13(19)17-14-12(18)4-3-9-16-14/h3-4,9-11,18H,5-8,15H2,1-2H3,(H,16,17,19). The van der Waals surface area contributed by atoms with Crippen molar-refractivity contribution < 1.29 is 9.90 Å². The molecule has 0 saturated carbocycles. The van der Waals surface area contributed by atoms with Crippen molar-refractivity contribution in [3.63, 3.8) is 0 Å². The zero-order valence-electron chi connectivity index (χ0n) is 11.6. The lowest BCUT2D eigenvalue weighted by Crippen LogP contribution is -2.18. The lowest BCUT2D eigenvalue weighted by Gasteiger charge is -2.19. The van der Waals surface area contributed by atoms with E-state index in [2.05, 4.69) is 24.1 Å². The molecule has 0 aliphatic heterocycles. The molecule has 0 spiro atoms. The minimum absolute atomic E-state index is 0.0155. The van der Waals surface area contributed by atoms with E-state index >= 15 is 0 Å². The van der Waals surface area contributed by atoms with Crippen LogP contribution in [0.25, 0.3) is 0 Å². The van der Waals surface area contributed by atoms with E-state index in [1.54, 1.807) is 6.07 Å². The van der Waals surface area contributed by atoms with Gasteiger partial charge in [-0.15, -0.1) is 0 Å². The van der Waals surface area contributed by atoms with E-state index in [1.165, 1.54) is 12.3 Å². The van der Waals surface area contributed by atoms with Crippen LogP contribution in [0.4, 0.5) is 5.82 Å². The summed E-state index contributed by atoms with van der Waals surface area (Å²) in [5.74, 6) is 1.04. The summed E-state index contributed by atoms with van der Waals surface area (Å²) in [6, 6.07) is 3.11. The predicted octanol–water partition coefficient (Wildman–Crippen LogP) is 2.13. The zero-order valence-corrected chi connectivity index (χ0v) is 11.6. The SMILES string of the molecule is CC(C)C(CCN)CCC(=O)Nc1ncccc1O. The maximum absolute atomic E-state index is 11.8. The molecule has 0 saturated heterocycles. The third kappa shape index (κ3) is 5.26. The topological polar surface area (TPSA) is 88.2 Å². The number of carbonyl (C=O) groups excluding carboxylic acids is 1. The van der Waals surface area contributed by atoms with Crippen molar-refractivity contribution in [2.45, 2.75) is 33.1 Å². The largest absolute Gasteiger partial charge is 0.504 e. The zero-order chi connectivity index (χ0) is 14.3. The highest BCUT2D eigenvalue weighted by molar-refractivity contribution is 5.90. The third-order valence-corrected chi connectivity index (χ3v) is 3.27. The Bertz CT molecular complexity index is 407. The van der Waals surface area contributed by atoms with Crippen molar-refractivity contribution >= 4 is 11.7 Å². The molecule has 0 aromatic carbocycles. The summed E-state index contributed by atoms with van der Waals surface area (Å²) < 4.78 is 0. The lowest BCUT2D eigenvalue weighted by atomic mass is 9.88. The molecule has 1 heterocycles. The molecular weight excluding hydrogens is 242 g/mol. The van der Waals surface area contributed by atoms with E-state index in [0.717, 1.165) is 12.8 Å². The molecule has 106 valence electrons. The molecule has 0 aliphatic carbocycles. The molecule has 5 nitrogen and oxygen atoms in total. The predicted molar refractivity (Wildman–Crippen MR) is 75.8 cm³/mol. The molecule has 1 unspecified atom stereocenters. The van der Waals surface area contributed by atoms with Gasteiger partial charge in [0.05, 0.1) is 0 Å². The normalized spacial score (nSPS) is 12.4. The Hall–Kier alpha value is -1.62. The van der Waals surface area contributed by atoms with Gasteiger partial charge in [-0.25, -0.2) is 4.98 Å². The monoisotopic (exact) mass is 265 g/mol. The maximum atomic E-state index is 11.8. The molecule has 1 amide bonds. The fourth-order valence-corrected chi connectivity index (χ4v) is 2.03. The van der Waals surface area contributed by atoms with Crippen molar-refractivity contribution in [3.05, 3.63) is 18.3 Å². The van der Waals surface area contributed by atoms with Gasteiger partial charge in [0.2, 0.25) is 5.91 Å². The Morgan fingerprint density at radius 2 is 2.21 bits per heavy atom. The minimum Gasteiger partial charge on any atom is -0.504 e. The Morgan fingerprint density at radius 3 is 2.79 bits per heavy atom. The van der Waals surface area contributed by atoms with Crippen LogP contribution in [-0.4, -0.2) is 22.5 Å². The van der Waals surface area contributed by atoms with E-state index in [9.17, 15) is 9.90 Å². The smallest absolute Gasteiger partial charge is 0.225 e. The molecule has 1 atom stereocenters.